The highest BCUT2D eigenvalue weighted by atomic mass is 32.1. The first kappa shape index (κ1) is 12.7. The molecule has 0 spiro atoms. The lowest BCUT2D eigenvalue weighted by atomic mass is 10.2. The van der Waals surface area contributed by atoms with Crippen LogP contribution in [0.4, 0.5) is 0 Å². The molecule has 0 aliphatic heterocycles. The molecule has 1 unspecified atom stereocenters. The fourth-order valence-electron chi connectivity index (χ4n) is 1.55. The van der Waals surface area contributed by atoms with Gasteiger partial charge in [0.05, 0.1) is 10.7 Å². The molecule has 3 heteroatoms. The van der Waals surface area contributed by atoms with Gasteiger partial charge in [0.25, 0.3) is 0 Å². The van der Waals surface area contributed by atoms with Crippen molar-refractivity contribution in [2.75, 3.05) is 6.54 Å². The summed E-state index contributed by atoms with van der Waals surface area (Å²) in [6, 6.07) is 0.400. The maximum absolute atomic E-state index is 4.48. The fraction of sp³-hybridized carbons (Fsp3) is 0.750. The molecule has 0 fully saturated rings. The summed E-state index contributed by atoms with van der Waals surface area (Å²) < 4.78 is 0. The van der Waals surface area contributed by atoms with E-state index < -0.39 is 0 Å². The van der Waals surface area contributed by atoms with Gasteiger partial charge in [0.15, 0.2) is 0 Å². The average Bonchev–Trinajstić information content (AvgIpc) is 2.64. The molecule has 1 atom stereocenters. The zero-order chi connectivity index (χ0) is 11.1. The lowest BCUT2D eigenvalue weighted by molar-refractivity contribution is 0.529. The molecule has 1 aromatic rings. The Balaban J connectivity index is 2.16. The molecule has 0 radical (unpaired) electrons. The van der Waals surface area contributed by atoms with Crippen molar-refractivity contribution in [3.63, 3.8) is 0 Å². The van der Waals surface area contributed by atoms with E-state index in [0.717, 1.165) is 11.6 Å². The van der Waals surface area contributed by atoms with E-state index in [4.69, 9.17) is 0 Å². The Bertz CT molecular complexity index is 270. The molecule has 0 saturated heterocycles. The van der Waals surface area contributed by atoms with Crippen LogP contribution in [0.15, 0.2) is 5.38 Å². The summed E-state index contributed by atoms with van der Waals surface area (Å²) in [6.07, 6.45) is 5.28. The monoisotopic (exact) mass is 226 g/mol. The minimum absolute atomic E-state index is 0.400. The van der Waals surface area contributed by atoms with Gasteiger partial charge in [-0.3, -0.25) is 0 Å². The first-order valence-corrected chi connectivity index (χ1v) is 6.77. The van der Waals surface area contributed by atoms with Gasteiger partial charge >= 0.3 is 0 Å². The molecule has 0 aliphatic carbocycles. The maximum Gasteiger partial charge on any atom is 0.0898 e. The number of unbranched alkanes of at least 4 members (excludes halogenated alkanes) is 3. The first-order chi connectivity index (χ1) is 7.24. The molecule has 1 aromatic heterocycles. The van der Waals surface area contributed by atoms with Crippen LogP contribution in [0.2, 0.25) is 0 Å². The molecule has 2 nitrogen and oxygen atoms in total. The normalized spacial score (nSPS) is 13.0. The number of hydrogen-bond donors (Lipinski definition) is 1. The molecule has 86 valence electrons. The minimum Gasteiger partial charge on any atom is -0.309 e. The van der Waals surface area contributed by atoms with E-state index in [9.17, 15) is 0 Å². The molecule has 1 rings (SSSR count). The Labute approximate surface area is 97.1 Å². The highest BCUT2D eigenvalue weighted by molar-refractivity contribution is 7.09. The number of nitrogens with zero attached hydrogens (tertiary/aromatic N) is 1. The van der Waals surface area contributed by atoms with Crippen LogP contribution >= 0.6 is 11.3 Å². The van der Waals surface area contributed by atoms with Gasteiger partial charge in [0.1, 0.15) is 0 Å². The zero-order valence-electron chi connectivity index (χ0n) is 10.0. The van der Waals surface area contributed by atoms with E-state index in [-0.39, 0.29) is 0 Å². The molecule has 1 N–H and O–H groups in total. The summed E-state index contributed by atoms with van der Waals surface area (Å²) in [6.45, 7) is 7.60. The average molecular weight is 226 g/mol. The van der Waals surface area contributed by atoms with Crippen LogP contribution < -0.4 is 5.32 Å². The van der Waals surface area contributed by atoms with Gasteiger partial charge in [-0.05, 0) is 26.8 Å². The SMILES string of the molecule is CCCCCCNC(C)c1csc(C)n1. The lowest BCUT2D eigenvalue weighted by Crippen LogP contribution is -2.20. The van der Waals surface area contributed by atoms with Gasteiger partial charge in [-0.25, -0.2) is 4.98 Å². The summed E-state index contributed by atoms with van der Waals surface area (Å²) in [5, 5.41) is 6.82. The van der Waals surface area contributed by atoms with Crippen LogP contribution in [0.25, 0.3) is 0 Å². The Kier molecular flexibility index (Phi) is 5.88. The molecular weight excluding hydrogens is 204 g/mol. The molecule has 0 bridgehead atoms. The standard InChI is InChI=1S/C12H22N2S/c1-4-5-6-7-8-13-10(2)12-9-15-11(3)14-12/h9-10,13H,4-8H2,1-3H3. The summed E-state index contributed by atoms with van der Waals surface area (Å²) in [4.78, 5) is 4.48. The van der Waals surface area contributed by atoms with E-state index in [0.29, 0.717) is 6.04 Å². The summed E-state index contributed by atoms with van der Waals surface area (Å²) >= 11 is 1.73. The second kappa shape index (κ2) is 6.96. The molecule has 0 aliphatic rings. The van der Waals surface area contributed by atoms with Crippen molar-refractivity contribution in [2.24, 2.45) is 0 Å². The van der Waals surface area contributed by atoms with Crippen molar-refractivity contribution in [1.29, 1.82) is 0 Å². The number of hydrogen-bond acceptors (Lipinski definition) is 3. The van der Waals surface area contributed by atoms with Crippen molar-refractivity contribution in [1.82, 2.24) is 10.3 Å². The van der Waals surface area contributed by atoms with Crippen LogP contribution in [0, 0.1) is 6.92 Å². The molecule has 15 heavy (non-hydrogen) atoms. The van der Waals surface area contributed by atoms with Crippen molar-refractivity contribution < 1.29 is 0 Å². The fourth-order valence-corrected chi connectivity index (χ4v) is 2.26. The van der Waals surface area contributed by atoms with Crippen LogP contribution in [0.5, 0.6) is 0 Å². The minimum atomic E-state index is 0.400. The molecule has 0 aromatic carbocycles. The second-order valence-corrected chi connectivity index (χ2v) is 5.09. The van der Waals surface area contributed by atoms with Gasteiger partial charge in [0.2, 0.25) is 0 Å². The van der Waals surface area contributed by atoms with Crippen LogP contribution in [0.1, 0.15) is 56.3 Å². The third kappa shape index (κ3) is 4.76. The van der Waals surface area contributed by atoms with E-state index in [1.54, 1.807) is 11.3 Å². The Morgan fingerprint density at radius 2 is 2.20 bits per heavy atom. The quantitative estimate of drug-likeness (QED) is 0.717. The molecule has 1 heterocycles. The van der Waals surface area contributed by atoms with Crippen LogP contribution in [-0.2, 0) is 0 Å². The number of thiazole rings is 1. The smallest absolute Gasteiger partial charge is 0.0898 e. The first-order valence-electron chi connectivity index (χ1n) is 5.89. The summed E-state index contributed by atoms with van der Waals surface area (Å²) in [7, 11) is 0. The Morgan fingerprint density at radius 1 is 1.40 bits per heavy atom. The molecular formula is C12H22N2S. The van der Waals surface area contributed by atoms with Gasteiger partial charge in [-0.2, -0.15) is 0 Å². The van der Waals surface area contributed by atoms with Gasteiger partial charge in [-0.1, -0.05) is 26.2 Å². The van der Waals surface area contributed by atoms with Crippen molar-refractivity contribution in [3.05, 3.63) is 16.1 Å². The van der Waals surface area contributed by atoms with Gasteiger partial charge in [-0.15, -0.1) is 11.3 Å². The van der Waals surface area contributed by atoms with E-state index in [2.05, 4.69) is 36.5 Å². The summed E-state index contributed by atoms with van der Waals surface area (Å²) in [5.74, 6) is 0. The predicted octanol–water partition coefficient (Wildman–Crippen LogP) is 3.68. The van der Waals surface area contributed by atoms with Crippen LogP contribution in [-0.4, -0.2) is 11.5 Å². The Morgan fingerprint density at radius 3 is 2.80 bits per heavy atom. The van der Waals surface area contributed by atoms with E-state index >= 15 is 0 Å². The number of aromatic nitrogens is 1. The molecule has 0 saturated carbocycles. The number of aryl methyl sites for hydroxylation is 1. The van der Waals surface area contributed by atoms with Crippen LogP contribution in [0.3, 0.4) is 0 Å². The second-order valence-electron chi connectivity index (χ2n) is 4.03. The van der Waals surface area contributed by atoms with E-state index in [1.165, 1.54) is 31.4 Å². The number of rotatable bonds is 7. The third-order valence-corrected chi connectivity index (χ3v) is 3.35. The largest absolute Gasteiger partial charge is 0.309 e. The number of nitrogens with one attached hydrogen (secondary N) is 1. The summed E-state index contributed by atoms with van der Waals surface area (Å²) in [5.41, 5.74) is 1.19. The highest BCUT2D eigenvalue weighted by Gasteiger charge is 2.06. The van der Waals surface area contributed by atoms with E-state index in [1.807, 2.05) is 0 Å². The Hall–Kier alpha value is -0.410. The third-order valence-electron chi connectivity index (χ3n) is 2.56. The maximum atomic E-state index is 4.48. The zero-order valence-corrected chi connectivity index (χ0v) is 10.9. The topological polar surface area (TPSA) is 24.9 Å². The van der Waals surface area contributed by atoms with Crippen molar-refractivity contribution >= 4 is 11.3 Å². The van der Waals surface area contributed by atoms with Crippen molar-refractivity contribution in [2.45, 2.75) is 52.5 Å². The predicted molar refractivity (Wildman–Crippen MR) is 67.4 cm³/mol. The van der Waals surface area contributed by atoms with Gasteiger partial charge < -0.3 is 5.32 Å². The highest BCUT2D eigenvalue weighted by Crippen LogP contribution is 2.15. The lowest BCUT2D eigenvalue weighted by Gasteiger charge is -2.10. The van der Waals surface area contributed by atoms with Gasteiger partial charge in [0, 0.05) is 11.4 Å². The van der Waals surface area contributed by atoms with Crippen molar-refractivity contribution in [3.8, 4) is 0 Å². The molecule has 0 amide bonds.